The van der Waals surface area contributed by atoms with Crippen molar-refractivity contribution in [2.75, 3.05) is 0 Å². The van der Waals surface area contributed by atoms with Crippen LogP contribution in [0.1, 0.15) is 24.6 Å². The highest BCUT2D eigenvalue weighted by Crippen LogP contribution is 2.16. The van der Waals surface area contributed by atoms with Gasteiger partial charge in [-0.15, -0.1) is 5.10 Å². The summed E-state index contributed by atoms with van der Waals surface area (Å²) < 4.78 is 19.5. The number of hydrogen-bond acceptors (Lipinski definition) is 6. The van der Waals surface area contributed by atoms with Gasteiger partial charge in [0.25, 0.3) is 0 Å². The molecule has 1 atom stereocenters. The Morgan fingerprint density at radius 2 is 2.10 bits per heavy atom. The van der Waals surface area contributed by atoms with Gasteiger partial charge in [0.1, 0.15) is 18.1 Å². The minimum atomic E-state index is -0.684. The molecule has 0 bridgehead atoms. The molecule has 0 fully saturated rings. The maximum atomic E-state index is 12.9. The molecule has 0 radical (unpaired) electrons. The third-order valence-corrected chi connectivity index (χ3v) is 2.85. The van der Waals surface area contributed by atoms with E-state index in [9.17, 15) is 9.50 Å². The summed E-state index contributed by atoms with van der Waals surface area (Å²) in [5, 5.41) is 20.9. The molecule has 0 saturated carbocycles. The zero-order valence-electron chi connectivity index (χ0n) is 11.1. The quantitative estimate of drug-likeness (QED) is 0.784. The normalized spacial score (nSPS) is 12.5. The number of hydrogen-bond donors (Lipinski definition) is 1. The Morgan fingerprint density at radius 1 is 1.33 bits per heavy atom. The molecule has 3 rings (SSSR count). The number of aliphatic hydroxyl groups excluding tert-OH is 1. The van der Waals surface area contributed by atoms with Crippen molar-refractivity contribution in [1.82, 2.24) is 25.1 Å². The van der Waals surface area contributed by atoms with Crippen LogP contribution in [0, 0.1) is 5.82 Å². The predicted octanol–water partition coefficient (Wildman–Crippen LogP) is 1.57. The molecular weight excluding hydrogens is 277 g/mol. The molecule has 3 aromatic rings. The average molecular weight is 289 g/mol. The van der Waals surface area contributed by atoms with Crippen LogP contribution in [-0.2, 0) is 6.54 Å². The van der Waals surface area contributed by atoms with Crippen LogP contribution in [-0.4, -0.2) is 30.2 Å². The zero-order valence-corrected chi connectivity index (χ0v) is 11.1. The van der Waals surface area contributed by atoms with Crippen molar-refractivity contribution in [2.24, 2.45) is 0 Å². The van der Waals surface area contributed by atoms with E-state index in [-0.39, 0.29) is 12.4 Å². The molecule has 1 unspecified atom stereocenters. The van der Waals surface area contributed by atoms with Crippen molar-refractivity contribution < 1.29 is 14.0 Å². The number of rotatable bonds is 4. The highest BCUT2D eigenvalue weighted by molar-refractivity contribution is 5.53. The summed E-state index contributed by atoms with van der Waals surface area (Å²) in [6.07, 6.45) is 0.920. The summed E-state index contributed by atoms with van der Waals surface area (Å²) in [6, 6.07) is 5.81. The van der Waals surface area contributed by atoms with E-state index in [0.717, 1.165) is 0 Å². The summed E-state index contributed by atoms with van der Waals surface area (Å²) in [5.74, 6) is 0.396. The highest BCUT2D eigenvalue weighted by atomic mass is 19.1. The Kier molecular flexibility index (Phi) is 3.44. The van der Waals surface area contributed by atoms with Crippen LogP contribution in [0.3, 0.4) is 0 Å². The molecule has 7 nitrogen and oxygen atoms in total. The smallest absolute Gasteiger partial charge is 0.248 e. The summed E-state index contributed by atoms with van der Waals surface area (Å²) in [7, 11) is 0. The topological polar surface area (TPSA) is 89.9 Å². The first kappa shape index (κ1) is 13.4. The van der Waals surface area contributed by atoms with Crippen molar-refractivity contribution >= 4 is 0 Å². The predicted molar refractivity (Wildman–Crippen MR) is 69.4 cm³/mol. The number of nitrogens with zero attached hydrogens (tertiary/aromatic N) is 5. The van der Waals surface area contributed by atoms with Gasteiger partial charge in [-0.1, -0.05) is 10.4 Å². The van der Waals surface area contributed by atoms with Gasteiger partial charge in [-0.2, -0.15) is 4.98 Å². The molecule has 0 aliphatic carbocycles. The van der Waals surface area contributed by atoms with E-state index in [1.54, 1.807) is 25.3 Å². The van der Waals surface area contributed by atoms with Crippen LogP contribution in [0.15, 0.2) is 35.0 Å². The summed E-state index contributed by atoms with van der Waals surface area (Å²) >= 11 is 0. The fraction of sp³-hybridized carbons (Fsp3) is 0.231. The first-order valence-electron chi connectivity index (χ1n) is 6.28. The third kappa shape index (κ3) is 2.95. The molecule has 21 heavy (non-hydrogen) atoms. The number of aromatic nitrogens is 5. The van der Waals surface area contributed by atoms with Gasteiger partial charge in [0.15, 0.2) is 0 Å². The van der Waals surface area contributed by atoms with Gasteiger partial charge in [0, 0.05) is 5.56 Å². The molecule has 0 aliphatic heterocycles. The maximum absolute atomic E-state index is 12.9. The number of aliphatic hydroxyl groups is 1. The second-order valence-electron chi connectivity index (χ2n) is 4.54. The van der Waals surface area contributed by atoms with Gasteiger partial charge in [-0.05, 0) is 31.2 Å². The Balaban J connectivity index is 1.76. The zero-order chi connectivity index (χ0) is 14.8. The van der Waals surface area contributed by atoms with E-state index in [1.807, 2.05) is 0 Å². The molecule has 2 aromatic heterocycles. The van der Waals surface area contributed by atoms with Crippen molar-refractivity contribution in [3.63, 3.8) is 0 Å². The fourth-order valence-electron chi connectivity index (χ4n) is 1.76. The average Bonchev–Trinajstić information content (AvgIpc) is 3.10. The molecule has 108 valence electrons. The lowest BCUT2D eigenvalue weighted by atomic mass is 10.2. The van der Waals surface area contributed by atoms with Crippen molar-refractivity contribution in [2.45, 2.75) is 19.6 Å². The van der Waals surface area contributed by atoms with E-state index in [1.165, 1.54) is 16.8 Å². The lowest BCUT2D eigenvalue weighted by molar-refractivity contribution is 0.194. The van der Waals surface area contributed by atoms with Crippen LogP contribution < -0.4 is 0 Å². The van der Waals surface area contributed by atoms with E-state index >= 15 is 0 Å². The molecular formula is C13H12FN5O2. The molecule has 0 spiro atoms. The molecule has 0 amide bonds. The molecule has 1 N–H and O–H groups in total. The summed E-state index contributed by atoms with van der Waals surface area (Å²) in [5.41, 5.74) is 1.13. The van der Waals surface area contributed by atoms with Gasteiger partial charge in [0.05, 0.1) is 12.3 Å². The summed E-state index contributed by atoms with van der Waals surface area (Å²) in [4.78, 5) is 4.21. The fourth-order valence-corrected chi connectivity index (χ4v) is 1.76. The number of benzene rings is 1. The standard InChI is InChI=1S/C13H12FN5O2/c1-8(20)11-6-19(18-16-11)7-12-15-13(17-21-12)9-2-4-10(14)5-3-9/h2-6,8,20H,7H2,1H3. The summed E-state index contributed by atoms with van der Waals surface area (Å²) in [6.45, 7) is 1.85. The third-order valence-electron chi connectivity index (χ3n) is 2.85. The molecule has 0 aliphatic rings. The Bertz CT molecular complexity index is 735. The SMILES string of the molecule is CC(O)c1cn(Cc2nc(-c3ccc(F)cc3)no2)nn1. The lowest BCUT2D eigenvalue weighted by Crippen LogP contribution is -2.00. The lowest BCUT2D eigenvalue weighted by Gasteiger charge is -1.95. The molecule has 1 aromatic carbocycles. The Labute approximate surface area is 119 Å². The van der Waals surface area contributed by atoms with Gasteiger partial charge in [-0.25, -0.2) is 9.07 Å². The van der Waals surface area contributed by atoms with Crippen molar-refractivity contribution in [3.8, 4) is 11.4 Å². The van der Waals surface area contributed by atoms with Crippen LogP contribution in [0.5, 0.6) is 0 Å². The second kappa shape index (κ2) is 5.41. The van der Waals surface area contributed by atoms with Gasteiger partial charge < -0.3 is 9.63 Å². The van der Waals surface area contributed by atoms with Crippen LogP contribution in [0.2, 0.25) is 0 Å². The van der Waals surface area contributed by atoms with E-state index in [4.69, 9.17) is 4.52 Å². The molecule has 8 heteroatoms. The maximum Gasteiger partial charge on any atom is 0.248 e. The Hall–Kier alpha value is -2.61. The van der Waals surface area contributed by atoms with Gasteiger partial charge in [-0.3, -0.25) is 0 Å². The van der Waals surface area contributed by atoms with Gasteiger partial charge >= 0.3 is 0 Å². The van der Waals surface area contributed by atoms with E-state index < -0.39 is 6.10 Å². The molecule has 0 saturated heterocycles. The highest BCUT2D eigenvalue weighted by Gasteiger charge is 2.11. The monoisotopic (exact) mass is 289 g/mol. The van der Waals surface area contributed by atoms with Crippen LogP contribution in [0.4, 0.5) is 4.39 Å². The molecule has 2 heterocycles. The van der Waals surface area contributed by atoms with Crippen molar-refractivity contribution in [1.29, 1.82) is 0 Å². The van der Waals surface area contributed by atoms with Crippen molar-refractivity contribution in [3.05, 3.63) is 47.9 Å². The second-order valence-corrected chi connectivity index (χ2v) is 4.54. The Morgan fingerprint density at radius 3 is 2.76 bits per heavy atom. The van der Waals surface area contributed by atoms with Crippen LogP contribution >= 0.6 is 0 Å². The largest absolute Gasteiger partial charge is 0.387 e. The van der Waals surface area contributed by atoms with Crippen LogP contribution in [0.25, 0.3) is 11.4 Å². The minimum absolute atomic E-state index is 0.244. The number of halogens is 1. The van der Waals surface area contributed by atoms with Gasteiger partial charge in [0.2, 0.25) is 11.7 Å². The van der Waals surface area contributed by atoms with E-state index in [2.05, 4.69) is 20.5 Å². The van der Waals surface area contributed by atoms with E-state index in [0.29, 0.717) is 23.0 Å². The minimum Gasteiger partial charge on any atom is -0.387 e. The first-order chi connectivity index (χ1) is 10.1. The first-order valence-corrected chi connectivity index (χ1v) is 6.28.